The monoisotopic (exact) mass is 376 g/mol. The number of hydrogen-bond donors (Lipinski definition) is 2. The highest BCUT2D eigenvalue weighted by Gasteiger charge is 2.16. The van der Waals surface area contributed by atoms with Gasteiger partial charge >= 0.3 is 0 Å². The van der Waals surface area contributed by atoms with Crippen LogP contribution in [0.1, 0.15) is 37.1 Å². The third kappa shape index (κ3) is 5.47. The Labute approximate surface area is 161 Å². The van der Waals surface area contributed by atoms with Crippen molar-refractivity contribution in [2.75, 3.05) is 27.2 Å². The van der Waals surface area contributed by atoms with Crippen LogP contribution in [0.5, 0.6) is 0 Å². The van der Waals surface area contributed by atoms with Gasteiger partial charge in [0.05, 0.1) is 24.8 Å². The molecule has 2 atom stereocenters. The standard InChI is InChI=1S/C19H29ClN6/c1-6-21-19(24-14(2)16-9-7-8-10-17(16)20)22-12-18(25(3)4)15-11-23-26(5)13-15/h7-11,13-14,18H,6,12H2,1-5H3,(H2,21,22,24). The highest BCUT2D eigenvalue weighted by molar-refractivity contribution is 6.31. The molecule has 142 valence electrons. The summed E-state index contributed by atoms with van der Waals surface area (Å²) in [6.45, 7) is 5.56. The van der Waals surface area contributed by atoms with Crippen LogP contribution in [-0.4, -0.2) is 47.8 Å². The van der Waals surface area contributed by atoms with Crippen molar-refractivity contribution in [2.24, 2.45) is 12.0 Å². The van der Waals surface area contributed by atoms with Crippen LogP contribution in [-0.2, 0) is 7.05 Å². The zero-order valence-corrected chi connectivity index (χ0v) is 17.0. The molecule has 0 aliphatic rings. The molecule has 0 aliphatic carbocycles. The Kier molecular flexibility index (Phi) is 7.48. The predicted octanol–water partition coefficient (Wildman–Crippen LogP) is 2.99. The van der Waals surface area contributed by atoms with Gasteiger partial charge in [0, 0.05) is 30.4 Å². The molecule has 2 aromatic rings. The maximum absolute atomic E-state index is 6.31. The Morgan fingerprint density at radius 2 is 2.08 bits per heavy atom. The fraction of sp³-hybridized carbons (Fsp3) is 0.474. The molecule has 0 saturated carbocycles. The second-order valence-electron chi connectivity index (χ2n) is 6.53. The molecular weight excluding hydrogens is 348 g/mol. The van der Waals surface area contributed by atoms with Crippen molar-refractivity contribution in [3.05, 3.63) is 52.8 Å². The van der Waals surface area contributed by atoms with Crippen molar-refractivity contribution >= 4 is 17.6 Å². The molecule has 0 spiro atoms. The molecule has 26 heavy (non-hydrogen) atoms. The Bertz CT molecular complexity index is 724. The van der Waals surface area contributed by atoms with E-state index in [0.717, 1.165) is 28.7 Å². The van der Waals surface area contributed by atoms with Crippen molar-refractivity contribution in [1.82, 2.24) is 25.3 Å². The second kappa shape index (κ2) is 9.59. The van der Waals surface area contributed by atoms with Gasteiger partial charge in [0.1, 0.15) is 0 Å². The van der Waals surface area contributed by atoms with Crippen molar-refractivity contribution in [3.63, 3.8) is 0 Å². The van der Waals surface area contributed by atoms with Crippen LogP contribution in [0.3, 0.4) is 0 Å². The third-order valence-corrected chi connectivity index (χ3v) is 4.57. The van der Waals surface area contributed by atoms with Gasteiger partial charge in [0.15, 0.2) is 5.96 Å². The number of benzene rings is 1. The van der Waals surface area contributed by atoms with E-state index in [2.05, 4.69) is 48.6 Å². The molecule has 0 saturated heterocycles. The Balaban J connectivity index is 2.13. The van der Waals surface area contributed by atoms with Crippen molar-refractivity contribution in [3.8, 4) is 0 Å². The highest BCUT2D eigenvalue weighted by atomic mass is 35.5. The normalized spacial score (nSPS) is 14.3. The summed E-state index contributed by atoms with van der Waals surface area (Å²) in [5.74, 6) is 0.774. The van der Waals surface area contributed by atoms with Gasteiger partial charge in [-0.2, -0.15) is 5.10 Å². The zero-order chi connectivity index (χ0) is 19.1. The average molecular weight is 377 g/mol. The van der Waals surface area contributed by atoms with Crippen LogP contribution in [0.25, 0.3) is 0 Å². The number of likely N-dealkylation sites (N-methyl/N-ethyl adjacent to an activating group) is 1. The van der Waals surface area contributed by atoms with E-state index in [0.29, 0.717) is 6.54 Å². The smallest absolute Gasteiger partial charge is 0.191 e. The summed E-state index contributed by atoms with van der Waals surface area (Å²) in [6.07, 6.45) is 3.93. The molecule has 7 heteroatoms. The van der Waals surface area contributed by atoms with Crippen LogP contribution in [0.2, 0.25) is 5.02 Å². The van der Waals surface area contributed by atoms with Crippen LogP contribution in [0.4, 0.5) is 0 Å². The molecule has 0 aliphatic heterocycles. The Morgan fingerprint density at radius 1 is 1.35 bits per heavy atom. The predicted molar refractivity (Wildman–Crippen MR) is 109 cm³/mol. The molecule has 1 aromatic carbocycles. The molecule has 2 unspecified atom stereocenters. The average Bonchev–Trinajstić information content (AvgIpc) is 3.01. The topological polar surface area (TPSA) is 57.5 Å². The number of aryl methyl sites for hydroxylation is 1. The van der Waals surface area contributed by atoms with E-state index in [1.165, 1.54) is 0 Å². The number of aliphatic imine (C=N–C) groups is 1. The summed E-state index contributed by atoms with van der Waals surface area (Å²) < 4.78 is 1.82. The van der Waals surface area contributed by atoms with E-state index in [9.17, 15) is 0 Å². The first-order valence-electron chi connectivity index (χ1n) is 8.86. The number of rotatable bonds is 7. The van der Waals surface area contributed by atoms with E-state index in [4.69, 9.17) is 16.6 Å². The fourth-order valence-corrected chi connectivity index (χ4v) is 3.09. The summed E-state index contributed by atoms with van der Waals surface area (Å²) >= 11 is 6.31. The summed E-state index contributed by atoms with van der Waals surface area (Å²) in [6, 6.07) is 8.08. The number of nitrogens with zero attached hydrogens (tertiary/aromatic N) is 4. The molecule has 6 nitrogen and oxygen atoms in total. The minimum absolute atomic E-state index is 0.0534. The van der Waals surface area contributed by atoms with Gasteiger partial charge in [-0.25, -0.2) is 0 Å². The van der Waals surface area contributed by atoms with Crippen molar-refractivity contribution in [1.29, 1.82) is 0 Å². The molecule has 2 N–H and O–H groups in total. The summed E-state index contributed by atoms with van der Waals surface area (Å²) in [5.41, 5.74) is 2.20. The molecule has 0 bridgehead atoms. The Hall–Kier alpha value is -2.05. The van der Waals surface area contributed by atoms with E-state index < -0.39 is 0 Å². The highest BCUT2D eigenvalue weighted by Crippen LogP contribution is 2.22. The maximum Gasteiger partial charge on any atom is 0.191 e. The number of guanidine groups is 1. The van der Waals surface area contributed by atoms with Gasteiger partial charge < -0.3 is 15.5 Å². The van der Waals surface area contributed by atoms with E-state index in [1.54, 1.807) is 0 Å². The van der Waals surface area contributed by atoms with Gasteiger partial charge in [-0.05, 0) is 39.6 Å². The van der Waals surface area contributed by atoms with Gasteiger partial charge in [-0.1, -0.05) is 29.8 Å². The second-order valence-corrected chi connectivity index (χ2v) is 6.94. The summed E-state index contributed by atoms with van der Waals surface area (Å²) in [4.78, 5) is 6.94. The Morgan fingerprint density at radius 3 is 2.65 bits per heavy atom. The summed E-state index contributed by atoms with van der Waals surface area (Å²) in [7, 11) is 6.04. The maximum atomic E-state index is 6.31. The van der Waals surface area contributed by atoms with Crippen LogP contribution in [0, 0.1) is 0 Å². The van der Waals surface area contributed by atoms with E-state index in [1.807, 2.05) is 48.4 Å². The zero-order valence-electron chi connectivity index (χ0n) is 16.2. The quantitative estimate of drug-likeness (QED) is 0.576. The van der Waals surface area contributed by atoms with Gasteiger partial charge in [0.2, 0.25) is 0 Å². The molecule has 0 fully saturated rings. The number of nitrogens with one attached hydrogen (secondary N) is 2. The van der Waals surface area contributed by atoms with E-state index >= 15 is 0 Å². The largest absolute Gasteiger partial charge is 0.357 e. The van der Waals surface area contributed by atoms with Gasteiger partial charge in [-0.3, -0.25) is 9.67 Å². The number of halogens is 1. The minimum atomic E-state index is 0.0534. The van der Waals surface area contributed by atoms with Crippen molar-refractivity contribution in [2.45, 2.75) is 25.9 Å². The lowest BCUT2D eigenvalue weighted by Gasteiger charge is -2.23. The first-order chi connectivity index (χ1) is 12.4. The number of aromatic nitrogens is 2. The minimum Gasteiger partial charge on any atom is -0.357 e. The molecular formula is C19H29ClN6. The first-order valence-corrected chi connectivity index (χ1v) is 9.24. The lowest BCUT2D eigenvalue weighted by Crippen LogP contribution is -2.39. The molecule has 0 radical (unpaired) electrons. The number of hydrogen-bond acceptors (Lipinski definition) is 3. The van der Waals surface area contributed by atoms with Crippen LogP contribution in [0.15, 0.2) is 41.7 Å². The van der Waals surface area contributed by atoms with Crippen LogP contribution >= 0.6 is 11.6 Å². The van der Waals surface area contributed by atoms with Crippen LogP contribution < -0.4 is 10.6 Å². The molecule has 1 aromatic heterocycles. The third-order valence-electron chi connectivity index (χ3n) is 4.22. The summed E-state index contributed by atoms with van der Waals surface area (Å²) in [5, 5.41) is 11.8. The van der Waals surface area contributed by atoms with Crippen molar-refractivity contribution < 1.29 is 0 Å². The SMILES string of the molecule is CCNC(=NCC(c1cnn(C)c1)N(C)C)NC(C)c1ccccc1Cl. The van der Waals surface area contributed by atoms with Gasteiger partial charge in [0.25, 0.3) is 0 Å². The first kappa shape index (κ1) is 20.3. The molecule has 1 heterocycles. The van der Waals surface area contributed by atoms with Gasteiger partial charge in [-0.15, -0.1) is 0 Å². The van der Waals surface area contributed by atoms with E-state index in [-0.39, 0.29) is 12.1 Å². The fourth-order valence-electron chi connectivity index (χ4n) is 2.79. The lowest BCUT2D eigenvalue weighted by molar-refractivity contribution is 0.306. The lowest BCUT2D eigenvalue weighted by atomic mass is 10.1. The molecule has 0 amide bonds. The molecule has 2 rings (SSSR count).